The molecule has 0 aliphatic rings. The maximum absolute atomic E-state index is 4.71. The summed E-state index contributed by atoms with van der Waals surface area (Å²) < 4.78 is 4.71. The summed E-state index contributed by atoms with van der Waals surface area (Å²) in [5.41, 5.74) is 1.45. The predicted octanol–water partition coefficient (Wildman–Crippen LogP) is 1.83. The lowest BCUT2D eigenvalue weighted by molar-refractivity contribution is 0.399. The Morgan fingerprint density at radius 2 is 2.00 bits per heavy atom. The van der Waals surface area contributed by atoms with Gasteiger partial charge in [-0.15, -0.1) is 0 Å². The van der Waals surface area contributed by atoms with Crippen LogP contribution in [0.1, 0.15) is 26.7 Å². The molecule has 0 heterocycles. The maximum Gasteiger partial charge on any atom is 0.246 e. The second-order valence-corrected chi connectivity index (χ2v) is 2.17. The third-order valence-electron chi connectivity index (χ3n) is 1.36. The van der Waals surface area contributed by atoms with Crippen molar-refractivity contribution in [3.8, 4) is 0 Å². The van der Waals surface area contributed by atoms with Gasteiger partial charge in [0.2, 0.25) is 10.5 Å². The normalized spacial score (nSPS) is 9.22. The van der Waals surface area contributed by atoms with Gasteiger partial charge in [-0.1, -0.05) is 25.5 Å². The van der Waals surface area contributed by atoms with E-state index in [1.165, 1.54) is 5.57 Å². The van der Waals surface area contributed by atoms with Crippen LogP contribution in [0.25, 0.3) is 0 Å². The third kappa shape index (κ3) is 4.42. The van der Waals surface area contributed by atoms with Crippen molar-refractivity contribution < 1.29 is 4.43 Å². The van der Waals surface area contributed by atoms with E-state index in [2.05, 4.69) is 30.4 Å². The Morgan fingerprint density at radius 1 is 1.44 bits per heavy atom. The van der Waals surface area contributed by atoms with Crippen LogP contribution in [0.3, 0.4) is 0 Å². The number of hydrogen-bond acceptors (Lipinski definition) is 1. The number of rotatable bonds is 4. The van der Waals surface area contributed by atoms with Gasteiger partial charge in [-0.05, 0) is 12.8 Å². The molecule has 0 spiro atoms. The van der Waals surface area contributed by atoms with Gasteiger partial charge in [0.25, 0.3) is 0 Å². The summed E-state index contributed by atoms with van der Waals surface area (Å²) in [7, 11) is 2.93. The molecule has 9 heavy (non-hydrogen) atoms. The van der Waals surface area contributed by atoms with Gasteiger partial charge in [0.05, 0.1) is 6.61 Å². The SMILES string of the molecule is CCC(=CCO[Si])CC. The van der Waals surface area contributed by atoms with Gasteiger partial charge < -0.3 is 4.43 Å². The molecule has 0 saturated heterocycles. The third-order valence-corrected chi connectivity index (χ3v) is 1.53. The molecule has 0 aromatic carbocycles. The van der Waals surface area contributed by atoms with Crippen LogP contribution in [0.5, 0.6) is 0 Å². The summed E-state index contributed by atoms with van der Waals surface area (Å²) in [6.07, 6.45) is 4.37. The van der Waals surface area contributed by atoms with Crippen molar-refractivity contribution in [2.75, 3.05) is 6.61 Å². The van der Waals surface area contributed by atoms with Crippen LogP contribution < -0.4 is 0 Å². The molecule has 0 fully saturated rings. The maximum atomic E-state index is 4.71. The first-order chi connectivity index (χ1) is 4.35. The van der Waals surface area contributed by atoms with Gasteiger partial charge in [0.15, 0.2) is 0 Å². The molecule has 0 aliphatic heterocycles. The number of allylic oxidation sites excluding steroid dienone is 1. The zero-order chi connectivity index (χ0) is 7.11. The summed E-state index contributed by atoms with van der Waals surface area (Å²) >= 11 is 0. The van der Waals surface area contributed by atoms with Gasteiger partial charge in [0, 0.05) is 0 Å². The molecule has 2 heteroatoms. The minimum Gasteiger partial charge on any atom is -0.415 e. The monoisotopic (exact) mass is 141 g/mol. The van der Waals surface area contributed by atoms with Crippen molar-refractivity contribution in [3.05, 3.63) is 11.6 Å². The predicted molar refractivity (Wildman–Crippen MR) is 40.4 cm³/mol. The molecule has 0 rings (SSSR count). The quantitative estimate of drug-likeness (QED) is 0.429. The molecule has 0 aromatic rings. The smallest absolute Gasteiger partial charge is 0.246 e. The van der Waals surface area contributed by atoms with Crippen molar-refractivity contribution in [2.45, 2.75) is 26.7 Å². The van der Waals surface area contributed by atoms with E-state index in [1.807, 2.05) is 0 Å². The second kappa shape index (κ2) is 6.04. The molecule has 3 radical (unpaired) electrons. The average Bonchev–Trinajstić information content (AvgIpc) is 1.91. The molecule has 0 unspecified atom stereocenters. The Hall–Kier alpha value is -0.0831. The van der Waals surface area contributed by atoms with Gasteiger partial charge in [0.1, 0.15) is 0 Å². The molecule has 0 amide bonds. The van der Waals surface area contributed by atoms with Crippen molar-refractivity contribution in [1.29, 1.82) is 0 Å². The Morgan fingerprint density at radius 3 is 2.33 bits per heavy atom. The fourth-order valence-electron chi connectivity index (χ4n) is 0.698. The lowest BCUT2D eigenvalue weighted by Crippen LogP contribution is -1.86. The van der Waals surface area contributed by atoms with Gasteiger partial charge >= 0.3 is 0 Å². The summed E-state index contributed by atoms with van der Waals surface area (Å²) in [4.78, 5) is 0. The van der Waals surface area contributed by atoms with Gasteiger partial charge in [-0.25, -0.2) is 0 Å². The van der Waals surface area contributed by atoms with Crippen molar-refractivity contribution in [3.63, 3.8) is 0 Å². The van der Waals surface area contributed by atoms with Crippen LogP contribution in [-0.4, -0.2) is 17.1 Å². The summed E-state index contributed by atoms with van der Waals surface area (Å²) in [6.45, 7) is 4.99. The molecule has 0 N–H and O–H groups in total. The Labute approximate surface area is 60.6 Å². The van der Waals surface area contributed by atoms with E-state index < -0.39 is 0 Å². The van der Waals surface area contributed by atoms with Crippen LogP contribution in [0.2, 0.25) is 0 Å². The highest BCUT2D eigenvalue weighted by molar-refractivity contribution is 5.98. The molecule has 0 saturated carbocycles. The fraction of sp³-hybridized carbons (Fsp3) is 0.714. The van der Waals surface area contributed by atoms with Crippen molar-refractivity contribution >= 4 is 10.5 Å². The van der Waals surface area contributed by atoms with E-state index in [4.69, 9.17) is 4.43 Å². The highest BCUT2D eigenvalue weighted by Gasteiger charge is 1.86. The zero-order valence-corrected chi connectivity index (χ0v) is 7.11. The van der Waals surface area contributed by atoms with Crippen molar-refractivity contribution in [1.82, 2.24) is 0 Å². The van der Waals surface area contributed by atoms with Crippen molar-refractivity contribution in [2.24, 2.45) is 0 Å². The lowest BCUT2D eigenvalue weighted by Gasteiger charge is -1.97. The Kier molecular flexibility index (Phi) is 5.99. The van der Waals surface area contributed by atoms with Crippen LogP contribution in [-0.2, 0) is 4.43 Å². The minimum atomic E-state index is 0.675. The highest BCUT2D eigenvalue weighted by Crippen LogP contribution is 2.03. The van der Waals surface area contributed by atoms with Crippen LogP contribution in [0.4, 0.5) is 0 Å². The van der Waals surface area contributed by atoms with Crippen LogP contribution >= 0.6 is 0 Å². The highest BCUT2D eigenvalue weighted by atomic mass is 28.2. The van der Waals surface area contributed by atoms with Crippen LogP contribution in [0, 0.1) is 0 Å². The average molecular weight is 141 g/mol. The van der Waals surface area contributed by atoms with Gasteiger partial charge in [-0.3, -0.25) is 0 Å². The minimum absolute atomic E-state index is 0.675. The molecular formula is C7H13OSi. The molecule has 0 aliphatic carbocycles. The van der Waals surface area contributed by atoms with E-state index in [-0.39, 0.29) is 0 Å². The molecular weight excluding hydrogens is 128 g/mol. The summed E-state index contributed by atoms with van der Waals surface area (Å²) in [5.74, 6) is 0. The Balaban J connectivity index is 3.48. The van der Waals surface area contributed by atoms with Crippen LogP contribution in [0.15, 0.2) is 11.6 Å². The lowest BCUT2D eigenvalue weighted by atomic mass is 10.1. The van der Waals surface area contributed by atoms with Gasteiger partial charge in [-0.2, -0.15) is 0 Å². The topological polar surface area (TPSA) is 9.23 Å². The van der Waals surface area contributed by atoms with E-state index in [0.717, 1.165) is 12.8 Å². The zero-order valence-electron chi connectivity index (χ0n) is 6.11. The summed E-state index contributed by atoms with van der Waals surface area (Å²) in [5, 5.41) is 0. The first kappa shape index (κ1) is 8.92. The molecule has 51 valence electrons. The standard InChI is InChI=1S/C7H13OSi/c1-3-7(4-2)5-6-8-9/h5H,3-4,6H2,1-2H3. The molecule has 1 nitrogen and oxygen atoms in total. The van der Waals surface area contributed by atoms with E-state index in [1.54, 1.807) is 0 Å². The molecule has 0 aromatic heterocycles. The largest absolute Gasteiger partial charge is 0.415 e. The fourth-order valence-corrected chi connectivity index (χ4v) is 0.782. The summed E-state index contributed by atoms with van der Waals surface area (Å²) in [6, 6.07) is 0. The van der Waals surface area contributed by atoms with E-state index >= 15 is 0 Å². The number of hydrogen-bond donors (Lipinski definition) is 0. The molecule has 0 atom stereocenters. The first-order valence-electron chi connectivity index (χ1n) is 3.31. The molecule has 0 bridgehead atoms. The van der Waals surface area contributed by atoms with E-state index in [9.17, 15) is 0 Å². The second-order valence-electron chi connectivity index (χ2n) is 1.88. The first-order valence-corrected chi connectivity index (χ1v) is 3.72. The Bertz CT molecular complexity index is 82.9. The van der Waals surface area contributed by atoms with E-state index in [0.29, 0.717) is 6.61 Å².